The first kappa shape index (κ1) is 11.5. The van der Waals surface area contributed by atoms with Crippen LogP contribution < -0.4 is 4.74 Å². The molecule has 0 aromatic heterocycles. The lowest BCUT2D eigenvalue weighted by Crippen LogP contribution is -2.48. The molecule has 1 fully saturated rings. The predicted molar refractivity (Wildman–Crippen MR) is 73.0 cm³/mol. The number of hydrogen-bond donors (Lipinski definition) is 0. The van der Waals surface area contributed by atoms with E-state index in [4.69, 9.17) is 9.47 Å². The average Bonchev–Trinajstić information content (AvgIpc) is 2.38. The van der Waals surface area contributed by atoms with Crippen LogP contribution in [0.1, 0.15) is 19.8 Å². The van der Waals surface area contributed by atoms with Crippen molar-refractivity contribution in [3.63, 3.8) is 0 Å². The van der Waals surface area contributed by atoms with E-state index in [-0.39, 0.29) is 5.60 Å². The lowest BCUT2D eigenvalue weighted by molar-refractivity contribution is -0.166. The molecule has 2 aromatic rings. The smallest absolute Gasteiger partial charge is 0.127 e. The Hall–Kier alpha value is -1.54. The van der Waals surface area contributed by atoms with Crippen molar-refractivity contribution in [2.75, 3.05) is 13.2 Å². The zero-order chi connectivity index (χ0) is 12.4. The topological polar surface area (TPSA) is 18.5 Å². The Labute approximate surface area is 108 Å². The maximum absolute atomic E-state index is 5.99. The van der Waals surface area contributed by atoms with Crippen LogP contribution >= 0.6 is 0 Å². The summed E-state index contributed by atoms with van der Waals surface area (Å²) in [5.74, 6) is 0.955. The second kappa shape index (κ2) is 4.62. The van der Waals surface area contributed by atoms with E-state index in [0.717, 1.165) is 25.2 Å². The Kier molecular flexibility index (Phi) is 2.96. The lowest BCUT2D eigenvalue weighted by Gasteiger charge is -2.40. The van der Waals surface area contributed by atoms with E-state index >= 15 is 0 Å². The second-order valence-electron chi connectivity index (χ2n) is 4.90. The van der Waals surface area contributed by atoms with Crippen LogP contribution in [0.5, 0.6) is 5.75 Å². The van der Waals surface area contributed by atoms with Crippen molar-refractivity contribution in [2.45, 2.75) is 25.4 Å². The molecule has 1 atom stereocenters. The molecule has 0 N–H and O–H groups in total. The first-order valence-electron chi connectivity index (χ1n) is 6.57. The largest absolute Gasteiger partial charge is 0.490 e. The third-order valence-corrected chi connectivity index (χ3v) is 3.85. The monoisotopic (exact) mass is 242 g/mol. The number of hydrogen-bond acceptors (Lipinski definition) is 2. The van der Waals surface area contributed by atoms with Crippen LogP contribution in [0.3, 0.4) is 0 Å². The predicted octanol–water partition coefficient (Wildman–Crippen LogP) is 3.79. The third-order valence-electron chi connectivity index (χ3n) is 3.85. The molecule has 1 aliphatic rings. The summed E-state index contributed by atoms with van der Waals surface area (Å²) in [6.07, 6.45) is 2.12. The summed E-state index contributed by atoms with van der Waals surface area (Å²) in [5.41, 5.74) is -0.0447. The molecule has 94 valence electrons. The Morgan fingerprint density at radius 3 is 2.67 bits per heavy atom. The molecular formula is C16H18O2. The zero-order valence-corrected chi connectivity index (χ0v) is 10.7. The summed E-state index contributed by atoms with van der Waals surface area (Å²) < 4.78 is 11.7. The van der Waals surface area contributed by atoms with Crippen molar-refractivity contribution < 1.29 is 9.47 Å². The van der Waals surface area contributed by atoms with Crippen LogP contribution in [0.25, 0.3) is 10.8 Å². The highest BCUT2D eigenvalue weighted by Gasteiger charge is 2.37. The highest BCUT2D eigenvalue weighted by molar-refractivity contribution is 5.88. The van der Waals surface area contributed by atoms with Gasteiger partial charge in [-0.3, -0.25) is 0 Å². The summed E-state index contributed by atoms with van der Waals surface area (Å²) in [6.45, 7) is 3.68. The second-order valence-corrected chi connectivity index (χ2v) is 4.90. The fraction of sp³-hybridized carbons (Fsp3) is 0.375. The van der Waals surface area contributed by atoms with Gasteiger partial charge in [0.2, 0.25) is 0 Å². The number of fused-ring (bicyclic) bond motifs is 1. The van der Waals surface area contributed by atoms with Gasteiger partial charge in [0.05, 0.1) is 6.61 Å². The molecule has 0 amide bonds. The molecular weight excluding hydrogens is 224 g/mol. The molecule has 0 spiro atoms. The minimum absolute atomic E-state index is 0.0447. The summed E-state index contributed by atoms with van der Waals surface area (Å²) in [5, 5.41) is 2.39. The lowest BCUT2D eigenvalue weighted by atomic mass is 9.93. The number of rotatable bonds is 4. The molecule has 18 heavy (non-hydrogen) atoms. The van der Waals surface area contributed by atoms with Gasteiger partial charge in [-0.1, -0.05) is 43.3 Å². The highest BCUT2D eigenvalue weighted by atomic mass is 16.6. The van der Waals surface area contributed by atoms with Crippen LogP contribution in [0.2, 0.25) is 0 Å². The molecule has 1 saturated heterocycles. The van der Waals surface area contributed by atoms with E-state index in [9.17, 15) is 0 Å². The minimum atomic E-state index is -0.0447. The van der Waals surface area contributed by atoms with Gasteiger partial charge in [0.1, 0.15) is 18.0 Å². The quantitative estimate of drug-likeness (QED) is 0.812. The number of benzene rings is 2. The van der Waals surface area contributed by atoms with E-state index < -0.39 is 0 Å². The Morgan fingerprint density at radius 2 is 1.94 bits per heavy atom. The summed E-state index contributed by atoms with van der Waals surface area (Å²) >= 11 is 0. The van der Waals surface area contributed by atoms with Crippen molar-refractivity contribution in [1.82, 2.24) is 0 Å². The van der Waals surface area contributed by atoms with Gasteiger partial charge in [-0.15, -0.1) is 0 Å². The van der Waals surface area contributed by atoms with Crippen LogP contribution in [-0.2, 0) is 4.74 Å². The normalized spacial score (nSPS) is 22.7. The fourth-order valence-electron chi connectivity index (χ4n) is 2.42. The summed E-state index contributed by atoms with van der Waals surface area (Å²) in [7, 11) is 0. The van der Waals surface area contributed by atoms with Gasteiger partial charge < -0.3 is 9.47 Å². The number of ether oxygens (including phenoxy) is 2. The highest BCUT2D eigenvalue weighted by Crippen LogP contribution is 2.32. The maximum atomic E-state index is 5.99. The van der Waals surface area contributed by atoms with Gasteiger partial charge >= 0.3 is 0 Å². The zero-order valence-electron chi connectivity index (χ0n) is 10.7. The van der Waals surface area contributed by atoms with E-state index in [0.29, 0.717) is 6.61 Å². The van der Waals surface area contributed by atoms with Crippen LogP contribution in [-0.4, -0.2) is 18.8 Å². The van der Waals surface area contributed by atoms with Gasteiger partial charge in [-0.05, 0) is 17.9 Å². The Bertz CT molecular complexity index is 533. The molecule has 0 aliphatic carbocycles. The first-order valence-corrected chi connectivity index (χ1v) is 6.57. The molecule has 1 unspecified atom stereocenters. The molecule has 1 heterocycles. The van der Waals surface area contributed by atoms with Gasteiger partial charge in [-0.2, -0.15) is 0 Å². The molecule has 1 aliphatic heterocycles. The summed E-state index contributed by atoms with van der Waals surface area (Å²) in [4.78, 5) is 0. The van der Waals surface area contributed by atoms with E-state index in [1.165, 1.54) is 10.8 Å². The maximum Gasteiger partial charge on any atom is 0.127 e. The van der Waals surface area contributed by atoms with Crippen molar-refractivity contribution in [3.8, 4) is 5.75 Å². The molecule has 0 bridgehead atoms. The molecule has 2 aromatic carbocycles. The van der Waals surface area contributed by atoms with Gasteiger partial charge in [0.25, 0.3) is 0 Å². The fourth-order valence-corrected chi connectivity index (χ4v) is 2.42. The molecule has 2 heteroatoms. The van der Waals surface area contributed by atoms with E-state index in [1.807, 2.05) is 18.2 Å². The molecule has 3 rings (SSSR count). The van der Waals surface area contributed by atoms with E-state index in [1.54, 1.807) is 0 Å². The average molecular weight is 242 g/mol. The van der Waals surface area contributed by atoms with Crippen LogP contribution in [0.4, 0.5) is 0 Å². The van der Waals surface area contributed by atoms with Crippen molar-refractivity contribution in [3.05, 3.63) is 42.5 Å². The Morgan fingerprint density at radius 1 is 1.17 bits per heavy atom. The molecule has 0 radical (unpaired) electrons. The van der Waals surface area contributed by atoms with Crippen LogP contribution in [0.15, 0.2) is 42.5 Å². The van der Waals surface area contributed by atoms with Crippen molar-refractivity contribution in [2.24, 2.45) is 0 Å². The van der Waals surface area contributed by atoms with Gasteiger partial charge in [-0.25, -0.2) is 0 Å². The summed E-state index contributed by atoms with van der Waals surface area (Å²) in [6, 6.07) is 14.5. The van der Waals surface area contributed by atoms with Crippen LogP contribution in [0, 0.1) is 0 Å². The Balaban J connectivity index is 1.82. The van der Waals surface area contributed by atoms with E-state index in [2.05, 4.69) is 31.2 Å². The molecule has 0 saturated carbocycles. The van der Waals surface area contributed by atoms with Crippen molar-refractivity contribution >= 4 is 10.8 Å². The van der Waals surface area contributed by atoms with Crippen molar-refractivity contribution in [1.29, 1.82) is 0 Å². The third kappa shape index (κ3) is 1.97. The first-order chi connectivity index (χ1) is 8.83. The van der Waals surface area contributed by atoms with Gasteiger partial charge in [0, 0.05) is 11.8 Å². The van der Waals surface area contributed by atoms with Gasteiger partial charge in [0.15, 0.2) is 0 Å². The molecule has 2 nitrogen and oxygen atoms in total. The minimum Gasteiger partial charge on any atom is -0.490 e. The standard InChI is InChI=1S/C16H18O2/c1-2-16(10-11-18-16)12-17-15-9-5-7-13-6-3-4-8-14(13)15/h3-9H,2,10-12H2,1H3. The SMILES string of the molecule is CCC1(COc2cccc3ccccc23)CCO1.